The summed E-state index contributed by atoms with van der Waals surface area (Å²) in [6, 6.07) is 1.17. The van der Waals surface area contributed by atoms with E-state index in [0.29, 0.717) is 13.0 Å². The molecule has 0 aliphatic carbocycles. The van der Waals surface area contributed by atoms with Gasteiger partial charge in [-0.15, -0.1) is 0 Å². The molecular formula is C19H16F5NO4. The number of rotatable bonds is 5. The van der Waals surface area contributed by atoms with Gasteiger partial charge in [-0.2, -0.15) is 0 Å². The highest BCUT2D eigenvalue weighted by Crippen LogP contribution is 2.44. The topological polar surface area (TPSA) is 64.6 Å². The van der Waals surface area contributed by atoms with Crippen LogP contribution in [0.4, 0.5) is 22.0 Å². The monoisotopic (exact) mass is 417 g/mol. The van der Waals surface area contributed by atoms with Crippen molar-refractivity contribution in [3.05, 3.63) is 57.4 Å². The fourth-order valence-corrected chi connectivity index (χ4v) is 3.53. The summed E-state index contributed by atoms with van der Waals surface area (Å²) >= 11 is 0. The number of benzene rings is 1. The minimum absolute atomic E-state index is 0.0826. The number of hydrogen-bond donors (Lipinski definition) is 1. The SMILES string of the molecule is COC(=O)C1=C(CF)NC2=C(C(=O)OC2)[C@H]1c1cc(F)cc(F)c1CC(C)(F)F. The lowest BCUT2D eigenvalue weighted by Gasteiger charge is -2.29. The molecule has 0 spiro atoms. The highest BCUT2D eigenvalue weighted by Gasteiger charge is 2.44. The molecule has 0 saturated carbocycles. The molecule has 10 heteroatoms. The van der Waals surface area contributed by atoms with Crippen LogP contribution in [0.25, 0.3) is 0 Å². The maximum atomic E-state index is 14.5. The average Bonchev–Trinajstić information content (AvgIpc) is 3.01. The smallest absolute Gasteiger partial charge is 0.337 e. The van der Waals surface area contributed by atoms with Crippen molar-refractivity contribution in [3.63, 3.8) is 0 Å². The second-order valence-corrected chi connectivity index (χ2v) is 6.75. The quantitative estimate of drug-likeness (QED) is 0.590. The van der Waals surface area contributed by atoms with Gasteiger partial charge >= 0.3 is 11.9 Å². The van der Waals surface area contributed by atoms with Gasteiger partial charge in [-0.3, -0.25) is 0 Å². The number of cyclic esters (lactones) is 1. The molecule has 1 aromatic rings. The number of carbonyl (C=O) groups is 2. The second-order valence-electron chi connectivity index (χ2n) is 6.75. The van der Waals surface area contributed by atoms with Crippen LogP contribution >= 0.6 is 0 Å². The largest absolute Gasteiger partial charge is 0.466 e. The number of nitrogens with one attached hydrogen (secondary N) is 1. The van der Waals surface area contributed by atoms with Crippen molar-refractivity contribution in [2.75, 3.05) is 20.4 Å². The molecule has 3 rings (SSSR count). The zero-order valence-electron chi connectivity index (χ0n) is 15.4. The molecule has 0 bridgehead atoms. The lowest BCUT2D eigenvalue weighted by molar-refractivity contribution is -0.136. The first-order chi connectivity index (χ1) is 13.6. The molecule has 2 heterocycles. The van der Waals surface area contributed by atoms with Gasteiger partial charge in [0.1, 0.15) is 24.9 Å². The Balaban J connectivity index is 2.32. The van der Waals surface area contributed by atoms with Crippen LogP contribution in [0.3, 0.4) is 0 Å². The van der Waals surface area contributed by atoms with E-state index in [1.165, 1.54) is 0 Å². The van der Waals surface area contributed by atoms with E-state index in [1.54, 1.807) is 0 Å². The summed E-state index contributed by atoms with van der Waals surface area (Å²) in [5.74, 6) is -9.32. The van der Waals surface area contributed by atoms with Gasteiger partial charge in [0.05, 0.1) is 35.6 Å². The van der Waals surface area contributed by atoms with Crippen LogP contribution in [-0.2, 0) is 25.5 Å². The van der Waals surface area contributed by atoms with Crippen LogP contribution in [0.15, 0.2) is 34.7 Å². The molecule has 0 radical (unpaired) electrons. The van der Waals surface area contributed by atoms with E-state index < -0.39 is 65.2 Å². The molecule has 0 amide bonds. The highest BCUT2D eigenvalue weighted by atomic mass is 19.3. The Labute approximate surface area is 162 Å². The maximum Gasteiger partial charge on any atom is 0.337 e. The number of carbonyl (C=O) groups excluding carboxylic acids is 2. The molecule has 1 aromatic carbocycles. The molecule has 1 N–H and O–H groups in total. The Hall–Kier alpha value is -2.91. The van der Waals surface area contributed by atoms with E-state index in [2.05, 4.69) is 10.1 Å². The normalized spacial score (nSPS) is 19.1. The number of alkyl halides is 3. The number of dihydropyridines is 1. The molecule has 156 valence electrons. The van der Waals surface area contributed by atoms with Crippen molar-refractivity contribution in [2.24, 2.45) is 0 Å². The third-order valence-corrected chi connectivity index (χ3v) is 4.63. The molecule has 5 nitrogen and oxygen atoms in total. The van der Waals surface area contributed by atoms with Gasteiger partial charge < -0.3 is 14.8 Å². The van der Waals surface area contributed by atoms with Crippen LogP contribution in [0.1, 0.15) is 24.0 Å². The first-order valence-electron chi connectivity index (χ1n) is 8.47. The van der Waals surface area contributed by atoms with Crippen molar-refractivity contribution in [1.29, 1.82) is 0 Å². The van der Waals surface area contributed by atoms with Gasteiger partial charge in [-0.1, -0.05) is 0 Å². The number of halogens is 5. The van der Waals surface area contributed by atoms with Crippen LogP contribution in [0.2, 0.25) is 0 Å². The van der Waals surface area contributed by atoms with Crippen LogP contribution in [-0.4, -0.2) is 38.3 Å². The van der Waals surface area contributed by atoms with Crippen LogP contribution < -0.4 is 5.32 Å². The number of hydrogen-bond acceptors (Lipinski definition) is 5. The zero-order chi connectivity index (χ0) is 21.5. The zero-order valence-corrected chi connectivity index (χ0v) is 15.4. The standard InChI is InChI=1S/C19H16F5NO4/c1-19(23,24)5-10-9(3-8(21)4-11(10)22)14-15(17(26)28-2)12(6-20)25-13-7-29-18(27)16(13)14/h3-4,14,25H,5-7H2,1-2H3/t14-/m0/s1. The van der Waals surface area contributed by atoms with E-state index in [9.17, 15) is 31.5 Å². The third kappa shape index (κ3) is 3.83. The highest BCUT2D eigenvalue weighted by molar-refractivity contribution is 6.01. The minimum Gasteiger partial charge on any atom is -0.466 e. The summed E-state index contributed by atoms with van der Waals surface area (Å²) < 4.78 is 79.1. The molecule has 0 saturated heterocycles. The molecule has 2 aliphatic rings. The summed E-state index contributed by atoms with van der Waals surface area (Å²) in [6.45, 7) is -0.955. The fourth-order valence-electron chi connectivity index (χ4n) is 3.53. The second kappa shape index (κ2) is 7.49. The lowest BCUT2D eigenvalue weighted by atomic mass is 9.78. The molecule has 0 unspecified atom stereocenters. The van der Waals surface area contributed by atoms with Gasteiger partial charge in [0.2, 0.25) is 5.92 Å². The Morgan fingerprint density at radius 2 is 2.03 bits per heavy atom. The van der Waals surface area contributed by atoms with Crippen LogP contribution in [0.5, 0.6) is 0 Å². The van der Waals surface area contributed by atoms with Gasteiger partial charge in [-0.25, -0.2) is 31.5 Å². The summed E-state index contributed by atoms with van der Waals surface area (Å²) in [4.78, 5) is 24.7. The number of allylic oxidation sites excluding steroid dienone is 1. The Bertz CT molecular complexity index is 949. The summed E-state index contributed by atoms with van der Waals surface area (Å²) in [6.07, 6.45) is -1.13. The van der Waals surface area contributed by atoms with Gasteiger partial charge in [0.25, 0.3) is 0 Å². The number of esters is 2. The number of methoxy groups -OCH3 is 1. The van der Waals surface area contributed by atoms with Crippen molar-refractivity contribution >= 4 is 11.9 Å². The van der Waals surface area contributed by atoms with E-state index in [0.717, 1.165) is 13.2 Å². The average molecular weight is 417 g/mol. The van der Waals surface area contributed by atoms with Crippen molar-refractivity contribution in [1.82, 2.24) is 5.32 Å². The van der Waals surface area contributed by atoms with Gasteiger partial charge in [-0.05, 0) is 24.1 Å². The Morgan fingerprint density at radius 3 is 2.62 bits per heavy atom. The Morgan fingerprint density at radius 1 is 1.34 bits per heavy atom. The Kier molecular flexibility index (Phi) is 5.38. The molecule has 0 aromatic heterocycles. The molecule has 29 heavy (non-hydrogen) atoms. The first-order valence-corrected chi connectivity index (χ1v) is 8.47. The van der Waals surface area contributed by atoms with E-state index in [1.807, 2.05) is 0 Å². The fraction of sp³-hybridized carbons (Fsp3) is 0.368. The van der Waals surface area contributed by atoms with E-state index in [4.69, 9.17) is 4.74 Å². The molecule has 2 aliphatic heterocycles. The van der Waals surface area contributed by atoms with Crippen molar-refractivity contribution < 1.29 is 41.0 Å². The predicted octanol–water partition coefficient (Wildman–Crippen LogP) is 3.06. The third-order valence-electron chi connectivity index (χ3n) is 4.63. The summed E-state index contributed by atoms with van der Waals surface area (Å²) in [7, 11) is 0.992. The molecular weight excluding hydrogens is 401 g/mol. The molecule has 1 atom stereocenters. The lowest BCUT2D eigenvalue weighted by Crippen LogP contribution is -2.32. The molecule has 0 fully saturated rings. The van der Waals surface area contributed by atoms with Crippen molar-refractivity contribution in [3.8, 4) is 0 Å². The van der Waals surface area contributed by atoms with Gasteiger partial charge in [0, 0.05) is 12.5 Å². The summed E-state index contributed by atoms with van der Waals surface area (Å²) in [5, 5.41) is 2.56. The minimum atomic E-state index is -3.38. The van der Waals surface area contributed by atoms with Gasteiger partial charge in [0.15, 0.2) is 0 Å². The van der Waals surface area contributed by atoms with E-state index in [-0.39, 0.29) is 23.6 Å². The summed E-state index contributed by atoms with van der Waals surface area (Å²) in [5.41, 5.74) is -1.89. The van der Waals surface area contributed by atoms with E-state index >= 15 is 0 Å². The first kappa shape index (κ1) is 20.8. The van der Waals surface area contributed by atoms with Crippen LogP contribution in [0, 0.1) is 11.6 Å². The number of ether oxygens (including phenoxy) is 2. The maximum absolute atomic E-state index is 14.5. The predicted molar refractivity (Wildman–Crippen MR) is 89.6 cm³/mol. The van der Waals surface area contributed by atoms with Crippen molar-refractivity contribution in [2.45, 2.75) is 25.2 Å².